The van der Waals surface area contributed by atoms with Crippen LogP contribution in [0.4, 0.5) is 0 Å². The number of hydrogen-bond acceptors (Lipinski definition) is 4. The summed E-state index contributed by atoms with van der Waals surface area (Å²) in [7, 11) is 2.10. The number of piperidine rings is 1. The number of carbonyl (C=O) groups excluding carboxylic acids is 2. The average Bonchev–Trinajstić information content (AvgIpc) is 2.84. The van der Waals surface area contributed by atoms with Crippen molar-refractivity contribution in [2.75, 3.05) is 52.9 Å². The monoisotopic (exact) mass is 449 g/mol. The van der Waals surface area contributed by atoms with Crippen molar-refractivity contribution in [3.63, 3.8) is 0 Å². The summed E-state index contributed by atoms with van der Waals surface area (Å²) in [6.07, 6.45) is 1.99. The number of likely N-dealkylation sites (N-methyl/N-ethyl adjacent to an activating group) is 1. The number of amides is 2. The Labute approximate surface area is 197 Å². The zero-order chi connectivity index (χ0) is 23.3. The van der Waals surface area contributed by atoms with Crippen LogP contribution in [-0.4, -0.2) is 79.4 Å². The van der Waals surface area contributed by atoms with Crippen molar-refractivity contribution in [3.05, 3.63) is 65.7 Å². The van der Waals surface area contributed by atoms with Gasteiger partial charge in [0.2, 0.25) is 5.91 Å². The molecule has 2 amide bonds. The summed E-state index contributed by atoms with van der Waals surface area (Å²) in [5, 5.41) is 0. The fourth-order valence-corrected chi connectivity index (χ4v) is 4.68. The van der Waals surface area contributed by atoms with E-state index >= 15 is 0 Å². The molecule has 6 nitrogen and oxygen atoms in total. The molecule has 0 aliphatic carbocycles. The van der Waals surface area contributed by atoms with Crippen LogP contribution in [-0.2, 0) is 4.79 Å². The van der Waals surface area contributed by atoms with Crippen LogP contribution < -0.4 is 4.74 Å². The molecular formula is C27H35N3O3. The van der Waals surface area contributed by atoms with Gasteiger partial charge in [-0.3, -0.25) is 9.59 Å². The van der Waals surface area contributed by atoms with Gasteiger partial charge in [0, 0.05) is 56.7 Å². The predicted molar refractivity (Wildman–Crippen MR) is 129 cm³/mol. The Balaban J connectivity index is 1.43. The van der Waals surface area contributed by atoms with E-state index in [1.54, 1.807) is 0 Å². The molecule has 176 valence electrons. The average molecular weight is 450 g/mol. The molecule has 2 saturated heterocycles. The summed E-state index contributed by atoms with van der Waals surface area (Å²) in [5.41, 5.74) is 1.60. The van der Waals surface area contributed by atoms with E-state index in [0.29, 0.717) is 26.1 Å². The number of nitrogens with zero attached hydrogens (tertiary/aromatic N) is 3. The number of para-hydroxylation sites is 1. The van der Waals surface area contributed by atoms with Crippen LogP contribution in [0.1, 0.15) is 35.2 Å². The highest BCUT2D eigenvalue weighted by Crippen LogP contribution is 2.37. The van der Waals surface area contributed by atoms with Gasteiger partial charge in [0.25, 0.3) is 5.91 Å². The van der Waals surface area contributed by atoms with Gasteiger partial charge in [-0.25, -0.2) is 0 Å². The number of hydrogen-bond donors (Lipinski definition) is 0. The highest BCUT2D eigenvalue weighted by atomic mass is 16.5. The molecule has 2 aliphatic heterocycles. The van der Waals surface area contributed by atoms with Gasteiger partial charge in [0.05, 0.1) is 6.61 Å². The molecule has 33 heavy (non-hydrogen) atoms. The first-order valence-corrected chi connectivity index (χ1v) is 11.9. The molecule has 2 heterocycles. The standard InChI is InChI=1S/C27H35N3O3/c1-22-8-10-23(11-9-22)26(32)30-14-12-27(13-15-30,21-33-24-6-4-3-5-7-24)20-25(31)29-18-16-28(2)17-19-29/h3-11H,12-21H2,1-2H3. The predicted octanol–water partition coefficient (Wildman–Crippen LogP) is 3.46. The largest absolute Gasteiger partial charge is 0.493 e. The lowest BCUT2D eigenvalue weighted by Gasteiger charge is -2.42. The van der Waals surface area contributed by atoms with Crippen molar-refractivity contribution >= 4 is 11.8 Å². The third-order valence-electron chi connectivity index (χ3n) is 7.08. The fourth-order valence-electron chi connectivity index (χ4n) is 4.68. The number of rotatable bonds is 6. The van der Waals surface area contributed by atoms with E-state index in [9.17, 15) is 9.59 Å². The van der Waals surface area contributed by atoms with Crippen LogP contribution in [0.15, 0.2) is 54.6 Å². The topological polar surface area (TPSA) is 53.1 Å². The van der Waals surface area contributed by atoms with Crippen molar-refractivity contribution in [1.29, 1.82) is 0 Å². The van der Waals surface area contributed by atoms with Crippen molar-refractivity contribution in [3.8, 4) is 5.75 Å². The Hall–Kier alpha value is -2.86. The highest BCUT2D eigenvalue weighted by Gasteiger charge is 2.40. The summed E-state index contributed by atoms with van der Waals surface area (Å²) in [6, 6.07) is 17.5. The van der Waals surface area contributed by atoms with Crippen LogP contribution in [0.5, 0.6) is 5.75 Å². The Morgan fingerprint density at radius 2 is 1.48 bits per heavy atom. The number of likely N-dealkylation sites (tertiary alicyclic amines) is 1. The SMILES string of the molecule is Cc1ccc(C(=O)N2CCC(COc3ccccc3)(CC(=O)N3CCN(C)CC3)CC2)cc1. The van der Waals surface area contributed by atoms with Gasteiger partial charge in [0.15, 0.2) is 0 Å². The van der Waals surface area contributed by atoms with Gasteiger partial charge < -0.3 is 19.4 Å². The Morgan fingerprint density at radius 3 is 2.12 bits per heavy atom. The van der Waals surface area contributed by atoms with E-state index < -0.39 is 0 Å². The van der Waals surface area contributed by atoms with Crippen LogP contribution >= 0.6 is 0 Å². The molecule has 2 aromatic rings. The van der Waals surface area contributed by atoms with E-state index in [2.05, 4.69) is 11.9 Å². The molecule has 6 heteroatoms. The van der Waals surface area contributed by atoms with Gasteiger partial charge in [0.1, 0.15) is 5.75 Å². The molecule has 0 unspecified atom stereocenters. The summed E-state index contributed by atoms with van der Waals surface area (Å²) < 4.78 is 6.17. The molecule has 2 aliphatic rings. The van der Waals surface area contributed by atoms with E-state index in [1.165, 1.54) is 0 Å². The smallest absolute Gasteiger partial charge is 0.253 e. The second kappa shape index (κ2) is 10.4. The summed E-state index contributed by atoms with van der Waals surface area (Å²) >= 11 is 0. The second-order valence-corrected chi connectivity index (χ2v) is 9.62. The van der Waals surface area contributed by atoms with E-state index in [-0.39, 0.29) is 17.2 Å². The number of aryl methyl sites for hydroxylation is 1. The molecule has 0 atom stereocenters. The first-order chi connectivity index (χ1) is 15.9. The van der Waals surface area contributed by atoms with Crippen LogP contribution in [0, 0.1) is 12.3 Å². The molecule has 4 rings (SSSR count). The van der Waals surface area contributed by atoms with Gasteiger partial charge in [-0.1, -0.05) is 35.9 Å². The first-order valence-electron chi connectivity index (χ1n) is 11.9. The normalized spacial score (nSPS) is 18.7. The Morgan fingerprint density at radius 1 is 0.848 bits per heavy atom. The fraction of sp³-hybridized carbons (Fsp3) is 0.481. The van der Waals surface area contributed by atoms with Gasteiger partial charge in [-0.05, 0) is 51.1 Å². The van der Waals surface area contributed by atoms with Crippen molar-refractivity contribution in [2.24, 2.45) is 5.41 Å². The minimum Gasteiger partial charge on any atom is -0.493 e. The lowest BCUT2D eigenvalue weighted by molar-refractivity contribution is -0.136. The van der Waals surface area contributed by atoms with Gasteiger partial charge in [-0.2, -0.15) is 0 Å². The minimum absolute atomic E-state index is 0.0676. The molecule has 0 N–H and O–H groups in total. The third kappa shape index (κ3) is 5.93. The molecule has 0 spiro atoms. The Kier molecular flexibility index (Phi) is 7.33. The zero-order valence-electron chi connectivity index (χ0n) is 19.8. The van der Waals surface area contributed by atoms with Gasteiger partial charge >= 0.3 is 0 Å². The van der Waals surface area contributed by atoms with Gasteiger partial charge in [-0.15, -0.1) is 0 Å². The molecule has 0 radical (unpaired) electrons. The first kappa shape index (κ1) is 23.3. The van der Waals surface area contributed by atoms with E-state index in [0.717, 1.165) is 55.9 Å². The van der Waals surface area contributed by atoms with Crippen LogP contribution in [0.2, 0.25) is 0 Å². The summed E-state index contributed by atoms with van der Waals surface area (Å²) in [6.45, 7) is 7.18. The Bertz CT molecular complexity index is 929. The quantitative estimate of drug-likeness (QED) is 0.678. The van der Waals surface area contributed by atoms with Crippen LogP contribution in [0.25, 0.3) is 0 Å². The second-order valence-electron chi connectivity index (χ2n) is 9.62. The number of benzene rings is 2. The summed E-state index contributed by atoms with van der Waals surface area (Å²) in [4.78, 5) is 32.4. The zero-order valence-corrected chi connectivity index (χ0v) is 19.8. The maximum absolute atomic E-state index is 13.2. The molecule has 0 aromatic heterocycles. The molecule has 2 fully saturated rings. The van der Waals surface area contributed by atoms with E-state index in [1.807, 2.05) is 71.3 Å². The van der Waals surface area contributed by atoms with Crippen molar-refractivity contribution < 1.29 is 14.3 Å². The lowest BCUT2D eigenvalue weighted by atomic mass is 9.75. The van der Waals surface area contributed by atoms with Crippen LogP contribution in [0.3, 0.4) is 0 Å². The highest BCUT2D eigenvalue weighted by molar-refractivity contribution is 5.94. The lowest BCUT2D eigenvalue weighted by Crippen LogP contribution is -2.51. The summed E-state index contributed by atoms with van der Waals surface area (Å²) in [5.74, 6) is 1.10. The minimum atomic E-state index is -0.264. The molecule has 2 aromatic carbocycles. The molecule has 0 saturated carbocycles. The number of ether oxygens (including phenoxy) is 1. The maximum atomic E-state index is 13.2. The van der Waals surface area contributed by atoms with Crippen molar-refractivity contribution in [2.45, 2.75) is 26.2 Å². The third-order valence-corrected chi connectivity index (χ3v) is 7.08. The molecule has 0 bridgehead atoms. The number of piperazine rings is 1. The number of carbonyl (C=O) groups is 2. The van der Waals surface area contributed by atoms with E-state index in [4.69, 9.17) is 4.74 Å². The molecular weight excluding hydrogens is 414 g/mol. The van der Waals surface area contributed by atoms with Crippen molar-refractivity contribution in [1.82, 2.24) is 14.7 Å². The maximum Gasteiger partial charge on any atom is 0.253 e.